The van der Waals surface area contributed by atoms with Gasteiger partial charge in [-0.25, -0.2) is 0 Å². The van der Waals surface area contributed by atoms with E-state index in [-0.39, 0.29) is 0 Å². The summed E-state index contributed by atoms with van der Waals surface area (Å²) in [6, 6.07) is 0. The molecule has 0 aromatic carbocycles. The molecule has 0 radical (unpaired) electrons. The van der Waals surface area contributed by atoms with Crippen LogP contribution in [0.25, 0.3) is 0 Å². The summed E-state index contributed by atoms with van der Waals surface area (Å²) in [6.07, 6.45) is 3.80. The summed E-state index contributed by atoms with van der Waals surface area (Å²) in [5.41, 5.74) is 0. The minimum atomic E-state index is 0.772. The lowest BCUT2D eigenvalue weighted by molar-refractivity contribution is 0.342. The van der Waals surface area contributed by atoms with E-state index in [2.05, 4.69) is 41.3 Å². The standard InChI is InChI=1S/C15H32N4/c1-5-19-10-8-14(12-19)11-18-15(16-4)17-9-6-7-13(2)3/h13-14H,5-12H2,1-4H3,(H2,16,17,18). The van der Waals surface area contributed by atoms with Crippen molar-refractivity contribution >= 4 is 5.96 Å². The zero-order valence-electron chi connectivity index (χ0n) is 13.2. The topological polar surface area (TPSA) is 39.7 Å². The lowest BCUT2D eigenvalue weighted by atomic mass is 10.1. The van der Waals surface area contributed by atoms with Crippen LogP contribution in [0.4, 0.5) is 0 Å². The van der Waals surface area contributed by atoms with Gasteiger partial charge in [-0.15, -0.1) is 0 Å². The third-order valence-corrected chi connectivity index (χ3v) is 3.85. The van der Waals surface area contributed by atoms with Crippen LogP contribution in [-0.4, -0.2) is 50.6 Å². The summed E-state index contributed by atoms with van der Waals surface area (Å²) in [4.78, 5) is 6.80. The van der Waals surface area contributed by atoms with Gasteiger partial charge in [0.2, 0.25) is 0 Å². The Bertz CT molecular complexity index is 263. The second-order valence-corrected chi connectivity index (χ2v) is 5.96. The molecule has 0 saturated carbocycles. The Morgan fingerprint density at radius 3 is 2.74 bits per heavy atom. The molecule has 2 N–H and O–H groups in total. The average molecular weight is 268 g/mol. The van der Waals surface area contributed by atoms with E-state index in [4.69, 9.17) is 0 Å². The predicted octanol–water partition coefficient (Wildman–Crippen LogP) is 1.93. The van der Waals surface area contributed by atoms with Gasteiger partial charge in [-0.05, 0) is 44.2 Å². The van der Waals surface area contributed by atoms with E-state index in [9.17, 15) is 0 Å². The van der Waals surface area contributed by atoms with Crippen molar-refractivity contribution < 1.29 is 0 Å². The molecule has 0 aliphatic carbocycles. The molecule has 4 nitrogen and oxygen atoms in total. The number of rotatable bonds is 7. The smallest absolute Gasteiger partial charge is 0.190 e. The number of nitrogens with zero attached hydrogens (tertiary/aromatic N) is 2. The van der Waals surface area contributed by atoms with Gasteiger partial charge >= 0.3 is 0 Å². The molecule has 1 fully saturated rings. The molecular weight excluding hydrogens is 236 g/mol. The summed E-state index contributed by atoms with van der Waals surface area (Å²) in [5.74, 6) is 2.52. The first-order chi connectivity index (χ1) is 9.15. The average Bonchev–Trinajstić information content (AvgIpc) is 2.85. The molecule has 19 heavy (non-hydrogen) atoms. The van der Waals surface area contributed by atoms with Crippen LogP contribution in [0.5, 0.6) is 0 Å². The van der Waals surface area contributed by atoms with Crippen molar-refractivity contribution in [3.8, 4) is 0 Å². The largest absolute Gasteiger partial charge is 0.356 e. The third-order valence-electron chi connectivity index (χ3n) is 3.85. The van der Waals surface area contributed by atoms with Crippen molar-refractivity contribution in [3.05, 3.63) is 0 Å². The first-order valence-corrected chi connectivity index (χ1v) is 7.82. The van der Waals surface area contributed by atoms with Gasteiger partial charge in [-0.1, -0.05) is 20.8 Å². The highest BCUT2D eigenvalue weighted by Gasteiger charge is 2.20. The molecule has 1 heterocycles. The number of nitrogens with one attached hydrogen (secondary N) is 2. The molecule has 1 aliphatic rings. The van der Waals surface area contributed by atoms with Crippen LogP contribution in [0.3, 0.4) is 0 Å². The third kappa shape index (κ3) is 6.81. The highest BCUT2D eigenvalue weighted by Crippen LogP contribution is 2.14. The number of hydrogen-bond donors (Lipinski definition) is 2. The SMILES string of the molecule is CCN1CCC(CNC(=NC)NCCCC(C)C)C1. The van der Waals surface area contributed by atoms with Gasteiger partial charge in [-0.2, -0.15) is 0 Å². The number of aliphatic imine (C=N–C) groups is 1. The van der Waals surface area contributed by atoms with E-state index >= 15 is 0 Å². The maximum atomic E-state index is 4.29. The van der Waals surface area contributed by atoms with Crippen molar-refractivity contribution in [1.82, 2.24) is 15.5 Å². The minimum Gasteiger partial charge on any atom is -0.356 e. The Morgan fingerprint density at radius 1 is 1.37 bits per heavy atom. The Morgan fingerprint density at radius 2 is 2.16 bits per heavy atom. The van der Waals surface area contributed by atoms with E-state index in [0.717, 1.165) is 30.9 Å². The Labute approximate surface area is 119 Å². The second kappa shape index (κ2) is 9.18. The molecule has 0 amide bonds. The molecule has 1 atom stereocenters. The van der Waals surface area contributed by atoms with E-state index in [1.54, 1.807) is 0 Å². The van der Waals surface area contributed by atoms with Crippen molar-refractivity contribution in [3.63, 3.8) is 0 Å². The summed E-state index contributed by atoms with van der Waals surface area (Å²) in [7, 11) is 1.85. The maximum absolute atomic E-state index is 4.29. The number of hydrogen-bond acceptors (Lipinski definition) is 2. The molecule has 0 aromatic heterocycles. The summed E-state index contributed by atoms with van der Waals surface area (Å²) < 4.78 is 0. The molecule has 0 bridgehead atoms. The molecule has 1 saturated heterocycles. The van der Waals surface area contributed by atoms with Gasteiger partial charge < -0.3 is 15.5 Å². The van der Waals surface area contributed by atoms with E-state index in [1.807, 2.05) is 7.05 Å². The van der Waals surface area contributed by atoms with Gasteiger partial charge in [0.1, 0.15) is 0 Å². The highest BCUT2D eigenvalue weighted by molar-refractivity contribution is 5.79. The van der Waals surface area contributed by atoms with Crippen LogP contribution in [0.1, 0.15) is 40.0 Å². The first kappa shape index (κ1) is 16.3. The summed E-state index contributed by atoms with van der Waals surface area (Å²) >= 11 is 0. The monoisotopic (exact) mass is 268 g/mol. The van der Waals surface area contributed by atoms with Crippen LogP contribution in [0, 0.1) is 11.8 Å². The number of guanidine groups is 1. The maximum Gasteiger partial charge on any atom is 0.190 e. The van der Waals surface area contributed by atoms with Gasteiger partial charge in [0.05, 0.1) is 0 Å². The Kier molecular flexibility index (Phi) is 7.87. The molecular formula is C15H32N4. The van der Waals surface area contributed by atoms with Crippen molar-refractivity contribution in [2.45, 2.75) is 40.0 Å². The Balaban J connectivity index is 2.12. The number of likely N-dealkylation sites (tertiary alicyclic amines) is 1. The summed E-state index contributed by atoms with van der Waals surface area (Å²) in [5, 5.41) is 6.86. The Hall–Kier alpha value is -0.770. The summed E-state index contributed by atoms with van der Waals surface area (Å²) in [6.45, 7) is 12.5. The van der Waals surface area contributed by atoms with Gasteiger partial charge in [-0.3, -0.25) is 4.99 Å². The van der Waals surface area contributed by atoms with Crippen LogP contribution < -0.4 is 10.6 Å². The molecule has 1 aliphatic heterocycles. The minimum absolute atomic E-state index is 0.772. The van der Waals surface area contributed by atoms with Gasteiger partial charge in [0.15, 0.2) is 5.96 Å². The quantitative estimate of drug-likeness (QED) is 0.421. The first-order valence-electron chi connectivity index (χ1n) is 7.82. The zero-order chi connectivity index (χ0) is 14.1. The fourth-order valence-electron chi connectivity index (χ4n) is 2.55. The van der Waals surface area contributed by atoms with Crippen molar-refractivity contribution in [2.24, 2.45) is 16.8 Å². The molecule has 0 aromatic rings. The van der Waals surface area contributed by atoms with Crippen LogP contribution in [-0.2, 0) is 0 Å². The highest BCUT2D eigenvalue weighted by atomic mass is 15.2. The van der Waals surface area contributed by atoms with Gasteiger partial charge in [0, 0.05) is 26.7 Å². The van der Waals surface area contributed by atoms with Crippen molar-refractivity contribution in [2.75, 3.05) is 39.8 Å². The lowest BCUT2D eigenvalue weighted by Gasteiger charge is -2.16. The lowest BCUT2D eigenvalue weighted by Crippen LogP contribution is -2.40. The molecule has 1 rings (SSSR count). The van der Waals surface area contributed by atoms with Gasteiger partial charge in [0.25, 0.3) is 0 Å². The fraction of sp³-hybridized carbons (Fsp3) is 0.933. The predicted molar refractivity (Wildman–Crippen MR) is 83.7 cm³/mol. The molecule has 4 heteroatoms. The van der Waals surface area contributed by atoms with Crippen LogP contribution in [0.2, 0.25) is 0 Å². The van der Waals surface area contributed by atoms with E-state index < -0.39 is 0 Å². The van der Waals surface area contributed by atoms with Crippen LogP contribution >= 0.6 is 0 Å². The second-order valence-electron chi connectivity index (χ2n) is 5.96. The van der Waals surface area contributed by atoms with E-state index in [1.165, 1.54) is 38.9 Å². The normalized spacial score (nSPS) is 21.1. The molecule has 0 spiro atoms. The van der Waals surface area contributed by atoms with E-state index in [0.29, 0.717) is 0 Å². The molecule has 1 unspecified atom stereocenters. The molecule has 112 valence electrons. The van der Waals surface area contributed by atoms with Crippen molar-refractivity contribution in [1.29, 1.82) is 0 Å². The van der Waals surface area contributed by atoms with Crippen LogP contribution in [0.15, 0.2) is 4.99 Å². The fourth-order valence-corrected chi connectivity index (χ4v) is 2.55. The zero-order valence-corrected chi connectivity index (χ0v) is 13.2.